The molecule has 0 aliphatic carbocycles. The first-order valence-corrected chi connectivity index (χ1v) is 4.91. The molecule has 0 fully saturated rings. The van der Waals surface area contributed by atoms with Crippen molar-refractivity contribution >= 4 is 5.91 Å². The van der Waals surface area contributed by atoms with E-state index in [9.17, 15) is 9.18 Å². The molecular formula is C12H14FNO2. The number of benzene rings is 1. The van der Waals surface area contributed by atoms with Crippen molar-refractivity contribution in [3.63, 3.8) is 0 Å². The highest BCUT2D eigenvalue weighted by Crippen LogP contribution is 2.17. The van der Waals surface area contributed by atoms with E-state index >= 15 is 0 Å². The third-order valence-corrected chi connectivity index (χ3v) is 2.05. The van der Waals surface area contributed by atoms with Crippen molar-refractivity contribution in [1.82, 2.24) is 5.32 Å². The summed E-state index contributed by atoms with van der Waals surface area (Å²) in [6.07, 6.45) is 2.41. The second-order valence-corrected chi connectivity index (χ2v) is 3.18. The van der Waals surface area contributed by atoms with E-state index in [0.29, 0.717) is 18.5 Å². The summed E-state index contributed by atoms with van der Waals surface area (Å²) in [6.45, 7) is 4.06. The van der Waals surface area contributed by atoms with E-state index < -0.39 is 5.82 Å². The molecule has 0 spiro atoms. The van der Waals surface area contributed by atoms with Gasteiger partial charge < -0.3 is 10.1 Å². The van der Waals surface area contributed by atoms with Gasteiger partial charge in [-0.05, 0) is 24.6 Å². The molecule has 16 heavy (non-hydrogen) atoms. The Morgan fingerprint density at radius 3 is 3.00 bits per heavy atom. The van der Waals surface area contributed by atoms with Gasteiger partial charge in [0.25, 0.3) is 5.91 Å². The summed E-state index contributed by atoms with van der Waals surface area (Å²) in [7, 11) is 1.36. The number of rotatable bonds is 5. The predicted molar refractivity (Wildman–Crippen MR) is 60.1 cm³/mol. The van der Waals surface area contributed by atoms with E-state index in [-0.39, 0.29) is 11.7 Å². The van der Waals surface area contributed by atoms with Crippen LogP contribution in [0.4, 0.5) is 4.39 Å². The Balaban J connectivity index is 2.72. The van der Waals surface area contributed by atoms with Crippen molar-refractivity contribution in [2.45, 2.75) is 6.42 Å². The van der Waals surface area contributed by atoms with Gasteiger partial charge in [0.15, 0.2) is 11.6 Å². The molecule has 1 rings (SSSR count). The molecule has 0 unspecified atom stereocenters. The first-order valence-electron chi connectivity index (χ1n) is 4.91. The molecule has 0 saturated heterocycles. The highest BCUT2D eigenvalue weighted by atomic mass is 19.1. The van der Waals surface area contributed by atoms with Crippen molar-refractivity contribution in [1.29, 1.82) is 0 Å². The number of methoxy groups -OCH3 is 1. The monoisotopic (exact) mass is 223 g/mol. The molecule has 0 aromatic heterocycles. The maximum Gasteiger partial charge on any atom is 0.251 e. The lowest BCUT2D eigenvalue weighted by molar-refractivity contribution is 0.0954. The maximum absolute atomic E-state index is 13.1. The lowest BCUT2D eigenvalue weighted by Gasteiger charge is -2.06. The Kier molecular flexibility index (Phi) is 4.51. The summed E-state index contributed by atoms with van der Waals surface area (Å²) in [5.74, 6) is -0.665. The third kappa shape index (κ3) is 3.08. The number of hydrogen-bond donors (Lipinski definition) is 1. The molecule has 1 amide bonds. The van der Waals surface area contributed by atoms with Crippen LogP contribution in [-0.2, 0) is 0 Å². The predicted octanol–water partition coefficient (Wildman–Crippen LogP) is 2.14. The summed E-state index contributed by atoms with van der Waals surface area (Å²) >= 11 is 0. The van der Waals surface area contributed by atoms with Gasteiger partial charge >= 0.3 is 0 Å². The standard InChI is InChI=1S/C12H14FNO2/c1-3-4-7-14-12(15)9-5-6-10(13)11(8-9)16-2/h3,5-6,8H,1,4,7H2,2H3,(H,14,15). The fraction of sp³-hybridized carbons (Fsp3) is 0.250. The molecular weight excluding hydrogens is 209 g/mol. The van der Waals surface area contributed by atoms with E-state index in [1.54, 1.807) is 6.08 Å². The van der Waals surface area contributed by atoms with Gasteiger partial charge in [0.05, 0.1) is 7.11 Å². The van der Waals surface area contributed by atoms with Gasteiger partial charge in [0.2, 0.25) is 0 Å². The number of carbonyl (C=O) groups is 1. The van der Waals surface area contributed by atoms with Crippen molar-refractivity contribution in [3.8, 4) is 5.75 Å². The summed E-state index contributed by atoms with van der Waals surface area (Å²) in [5.41, 5.74) is 0.377. The number of amides is 1. The minimum absolute atomic E-state index is 0.0661. The zero-order chi connectivity index (χ0) is 12.0. The molecule has 0 bridgehead atoms. The topological polar surface area (TPSA) is 38.3 Å². The Hall–Kier alpha value is -1.84. The van der Waals surface area contributed by atoms with Crippen LogP contribution in [0.15, 0.2) is 30.9 Å². The third-order valence-electron chi connectivity index (χ3n) is 2.05. The number of nitrogens with one attached hydrogen (secondary N) is 1. The fourth-order valence-electron chi connectivity index (χ4n) is 1.19. The van der Waals surface area contributed by atoms with Crippen LogP contribution in [0.2, 0.25) is 0 Å². The summed E-state index contributed by atoms with van der Waals surface area (Å²) in [6, 6.07) is 4.00. The molecule has 0 aliphatic heterocycles. The van der Waals surface area contributed by atoms with E-state index in [2.05, 4.69) is 11.9 Å². The van der Waals surface area contributed by atoms with Crippen LogP contribution in [0, 0.1) is 5.82 Å². The van der Waals surface area contributed by atoms with Gasteiger partial charge in [-0.15, -0.1) is 6.58 Å². The van der Waals surface area contributed by atoms with Crippen molar-refractivity contribution < 1.29 is 13.9 Å². The van der Waals surface area contributed by atoms with Crippen LogP contribution in [0.3, 0.4) is 0 Å². The van der Waals surface area contributed by atoms with Crippen molar-refractivity contribution in [2.75, 3.05) is 13.7 Å². The molecule has 1 aromatic rings. The zero-order valence-electron chi connectivity index (χ0n) is 9.13. The summed E-state index contributed by atoms with van der Waals surface area (Å²) in [5, 5.41) is 2.68. The second-order valence-electron chi connectivity index (χ2n) is 3.18. The molecule has 0 atom stereocenters. The maximum atomic E-state index is 13.1. The summed E-state index contributed by atoms with van der Waals surface area (Å²) < 4.78 is 17.9. The SMILES string of the molecule is C=CCCNC(=O)c1ccc(F)c(OC)c1. The molecule has 1 N–H and O–H groups in total. The largest absolute Gasteiger partial charge is 0.494 e. The minimum atomic E-state index is -0.481. The quantitative estimate of drug-likeness (QED) is 0.613. The van der Waals surface area contributed by atoms with E-state index in [1.165, 1.54) is 25.3 Å². The number of halogens is 1. The first-order chi connectivity index (χ1) is 7.69. The minimum Gasteiger partial charge on any atom is -0.494 e. The Labute approximate surface area is 93.9 Å². The first kappa shape index (κ1) is 12.2. The van der Waals surface area contributed by atoms with Crippen molar-refractivity contribution in [2.24, 2.45) is 0 Å². The highest BCUT2D eigenvalue weighted by molar-refractivity contribution is 5.94. The molecule has 0 radical (unpaired) electrons. The second kappa shape index (κ2) is 5.90. The lowest BCUT2D eigenvalue weighted by atomic mass is 10.2. The van der Waals surface area contributed by atoms with Crippen LogP contribution < -0.4 is 10.1 Å². The smallest absolute Gasteiger partial charge is 0.251 e. The van der Waals surface area contributed by atoms with Gasteiger partial charge in [-0.1, -0.05) is 6.08 Å². The van der Waals surface area contributed by atoms with Crippen molar-refractivity contribution in [3.05, 3.63) is 42.2 Å². The Bertz CT molecular complexity index is 391. The molecule has 0 saturated carbocycles. The Morgan fingerprint density at radius 1 is 1.62 bits per heavy atom. The molecule has 86 valence electrons. The van der Waals surface area contributed by atoms with Gasteiger partial charge in [-0.3, -0.25) is 4.79 Å². The fourth-order valence-corrected chi connectivity index (χ4v) is 1.19. The normalized spacial score (nSPS) is 9.62. The number of ether oxygens (including phenoxy) is 1. The molecule has 1 aromatic carbocycles. The summed E-state index contributed by atoms with van der Waals surface area (Å²) in [4.78, 5) is 11.6. The van der Waals surface area contributed by atoms with Gasteiger partial charge in [0.1, 0.15) is 0 Å². The number of carbonyl (C=O) groups excluding carboxylic acids is 1. The average Bonchev–Trinajstić information content (AvgIpc) is 2.30. The molecule has 4 heteroatoms. The van der Waals surface area contributed by atoms with E-state index in [0.717, 1.165) is 0 Å². The van der Waals surface area contributed by atoms with Crippen LogP contribution in [0.5, 0.6) is 5.75 Å². The molecule has 0 heterocycles. The highest BCUT2D eigenvalue weighted by Gasteiger charge is 2.09. The van der Waals surface area contributed by atoms with Crippen LogP contribution in [0.1, 0.15) is 16.8 Å². The Morgan fingerprint density at radius 2 is 2.38 bits per heavy atom. The van der Waals surface area contributed by atoms with Gasteiger partial charge in [0, 0.05) is 12.1 Å². The van der Waals surface area contributed by atoms with Crippen LogP contribution in [0.25, 0.3) is 0 Å². The van der Waals surface area contributed by atoms with Crippen LogP contribution >= 0.6 is 0 Å². The molecule has 0 aliphatic rings. The average molecular weight is 223 g/mol. The number of hydrogen-bond acceptors (Lipinski definition) is 2. The van der Waals surface area contributed by atoms with E-state index in [1.807, 2.05) is 0 Å². The van der Waals surface area contributed by atoms with Gasteiger partial charge in [-0.2, -0.15) is 0 Å². The van der Waals surface area contributed by atoms with E-state index in [4.69, 9.17) is 4.74 Å². The lowest BCUT2D eigenvalue weighted by Crippen LogP contribution is -2.24. The van der Waals surface area contributed by atoms with Gasteiger partial charge in [-0.25, -0.2) is 4.39 Å². The molecule has 3 nitrogen and oxygen atoms in total. The van der Waals surface area contributed by atoms with Crippen LogP contribution in [-0.4, -0.2) is 19.6 Å². The zero-order valence-corrected chi connectivity index (χ0v) is 9.13.